The highest BCUT2D eigenvalue weighted by Crippen LogP contribution is 2.40. The zero-order valence-corrected chi connectivity index (χ0v) is 17.0. The largest absolute Gasteiger partial charge is 0.348 e. The molecular weight excluding hydrogens is 362 g/mol. The van der Waals surface area contributed by atoms with Gasteiger partial charge in [-0.05, 0) is 43.1 Å². The molecule has 2 fully saturated rings. The molecule has 0 aliphatic carbocycles. The van der Waals surface area contributed by atoms with Crippen LogP contribution in [-0.4, -0.2) is 75.8 Å². The van der Waals surface area contributed by atoms with Gasteiger partial charge in [0.05, 0.1) is 12.4 Å². The molecule has 3 N–H and O–H groups in total. The lowest BCUT2D eigenvalue weighted by molar-refractivity contribution is -0.143. The number of amides is 2. The van der Waals surface area contributed by atoms with Crippen molar-refractivity contribution in [2.24, 2.45) is 11.1 Å². The van der Waals surface area contributed by atoms with Gasteiger partial charge in [-0.15, -0.1) is 0 Å². The first-order chi connectivity index (χ1) is 13.0. The van der Waals surface area contributed by atoms with E-state index in [-0.39, 0.29) is 23.3 Å². The van der Waals surface area contributed by atoms with Gasteiger partial charge in [-0.2, -0.15) is 11.8 Å². The summed E-state index contributed by atoms with van der Waals surface area (Å²) in [5, 5.41) is 0. The lowest BCUT2D eigenvalue weighted by Crippen LogP contribution is -2.54. The minimum absolute atomic E-state index is 0.0851. The van der Waals surface area contributed by atoms with E-state index >= 15 is 0 Å². The van der Waals surface area contributed by atoms with Gasteiger partial charge >= 0.3 is 0 Å². The minimum atomic E-state index is -0.384. The van der Waals surface area contributed by atoms with E-state index in [0.717, 1.165) is 69.7 Å². The molecule has 0 unspecified atom stereocenters. The number of carbonyl (C=O) groups excluding carboxylic acids is 2. The molecule has 2 aliphatic heterocycles. The van der Waals surface area contributed by atoms with Crippen molar-refractivity contribution < 1.29 is 9.59 Å². The van der Waals surface area contributed by atoms with Crippen LogP contribution in [0.15, 0.2) is 12.5 Å². The van der Waals surface area contributed by atoms with E-state index in [1.165, 1.54) is 0 Å². The topological polar surface area (TPSA) is 95.3 Å². The molecule has 0 saturated carbocycles. The Balaban J connectivity index is 1.52. The molecule has 2 aliphatic rings. The second-order valence-electron chi connectivity index (χ2n) is 7.86. The fourth-order valence-corrected chi connectivity index (χ4v) is 4.68. The number of hydrogen-bond acceptors (Lipinski definition) is 5. The zero-order chi connectivity index (χ0) is 19.3. The van der Waals surface area contributed by atoms with Gasteiger partial charge in [0, 0.05) is 50.9 Å². The number of nitrogens with one attached hydrogen (secondary N) is 1. The van der Waals surface area contributed by atoms with Crippen LogP contribution in [0, 0.1) is 5.41 Å². The van der Waals surface area contributed by atoms with E-state index in [4.69, 9.17) is 5.73 Å². The number of piperidine rings is 2. The Morgan fingerprint density at radius 1 is 1.41 bits per heavy atom. The van der Waals surface area contributed by atoms with Crippen LogP contribution in [0.4, 0.5) is 0 Å². The third-order valence-corrected chi connectivity index (χ3v) is 6.68. The van der Waals surface area contributed by atoms with Crippen LogP contribution in [0.2, 0.25) is 0 Å². The number of thioether (sulfide) groups is 1. The molecule has 2 amide bonds. The monoisotopic (exact) mass is 393 g/mol. The van der Waals surface area contributed by atoms with Crippen LogP contribution in [0.1, 0.15) is 37.8 Å². The number of hydrogen-bond donors (Lipinski definition) is 2. The van der Waals surface area contributed by atoms with Crippen LogP contribution in [0.25, 0.3) is 0 Å². The van der Waals surface area contributed by atoms with Crippen molar-refractivity contribution in [2.45, 2.75) is 44.6 Å². The van der Waals surface area contributed by atoms with Crippen molar-refractivity contribution in [3.8, 4) is 0 Å². The first-order valence-corrected chi connectivity index (χ1v) is 11.2. The normalized spacial score (nSPS) is 20.9. The summed E-state index contributed by atoms with van der Waals surface area (Å²) < 4.78 is 0. The van der Waals surface area contributed by atoms with E-state index < -0.39 is 0 Å². The fourth-order valence-electron chi connectivity index (χ4n) is 4.20. The second-order valence-corrected chi connectivity index (χ2v) is 8.84. The molecule has 1 spiro atoms. The van der Waals surface area contributed by atoms with Crippen molar-refractivity contribution >= 4 is 23.6 Å². The molecule has 27 heavy (non-hydrogen) atoms. The van der Waals surface area contributed by atoms with Crippen molar-refractivity contribution in [3.05, 3.63) is 18.2 Å². The van der Waals surface area contributed by atoms with Gasteiger partial charge in [0.2, 0.25) is 11.8 Å². The van der Waals surface area contributed by atoms with E-state index in [9.17, 15) is 9.59 Å². The lowest BCUT2D eigenvalue weighted by atomic mass is 9.72. The SMILES string of the molecule is CSCC[C@H](N)C(=O)N1CCC2(CCC(=O)N(CCc3cnc[nH]3)C2)CC1. The van der Waals surface area contributed by atoms with Gasteiger partial charge in [0.25, 0.3) is 0 Å². The van der Waals surface area contributed by atoms with Gasteiger partial charge in [0.1, 0.15) is 0 Å². The van der Waals surface area contributed by atoms with Gasteiger partial charge in [-0.1, -0.05) is 0 Å². The summed E-state index contributed by atoms with van der Waals surface area (Å²) in [5.74, 6) is 1.25. The standard InChI is InChI=1S/C19H31N5O2S/c1-27-11-4-16(20)18(26)23-9-6-19(7-10-23)5-2-17(25)24(13-19)8-3-15-12-21-14-22-15/h12,14,16H,2-11,13,20H2,1H3,(H,21,22)/t16-/m0/s1. The molecule has 1 aromatic heterocycles. The molecule has 3 rings (SSSR count). The number of aromatic nitrogens is 2. The third-order valence-electron chi connectivity index (χ3n) is 6.04. The number of carbonyl (C=O) groups is 2. The van der Waals surface area contributed by atoms with E-state index in [1.807, 2.05) is 22.3 Å². The van der Waals surface area contributed by atoms with Crippen molar-refractivity contribution in [1.29, 1.82) is 0 Å². The van der Waals surface area contributed by atoms with Crippen molar-refractivity contribution in [2.75, 3.05) is 38.2 Å². The summed E-state index contributed by atoms with van der Waals surface area (Å²) in [4.78, 5) is 36.0. The maximum absolute atomic E-state index is 12.5. The second kappa shape index (κ2) is 9.10. The summed E-state index contributed by atoms with van der Waals surface area (Å²) in [6.07, 6.45) is 10.5. The van der Waals surface area contributed by atoms with Crippen LogP contribution in [-0.2, 0) is 16.0 Å². The molecule has 8 heteroatoms. The Hall–Kier alpha value is -1.54. The number of aromatic amines is 1. The zero-order valence-electron chi connectivity index (χ0n) is 16.2. The van der Waals surface area contributed by atoms with Crippen molar-refractivity contribution in [3.63, 3.8) is 0 Å². The Labute approximate surface area is 165 Å². The molecule has 1 atom stereocenters. The Bertz CT molecular complexity index is 628. The molecule has 0 radical (unpaired) electrons. The predicted octanol–water partition coefficient (Wildman–Crippen LogP) is 1.26. The molecule has 0 bridgehead atoms. The Morgan fingerprint density at radius 2 is 2.19 bits per heavy atom. The van der Waals surface area contributed by atoms with Gasteiger partial charge in [-0.25, -0.2) is 4.98 Å². The Kier molecular flexibility index (Phi) is 6.81. The van der Waals surface area contributed by atoms with Gasteiger partial charge in [-0.3, -0.25) is 9.59 Å². The first kappa shape index (κ1) is 20.2. The third kappa shape index (κ3) is 5.04. The maximum atomic E-state index is 12.5. The molecule has 7 nitrogen and oxygen atoms in total. The lowest BCUT2D eigenvalue weighted by Gasteiger charge is -2.47. The summed E-state index contributed by atoms with van der Waals surface area (Å²) in [7, 11) is 0. The van der Waals surface area contributed by atoms with Gasteiger partial charge < -0.3 is 20.5 Å². The average molecular weight is 394 g/mol. The van der Waals surface area contributed by atoms with Crippen LogP contribution >= 0.6 is 11.8 Å². The summed E-state index contributed by atoms with van der Waals surface area (Å²) >= 11 is 1.72. The van der Waals surface area contributed by atoms with Gasteiger partial charge in [0.15, 0.2) is 0 Å². The number of nitrogens with two attached hydrogens (primary N) is 1. The summed E-state index contributed by atoms with van der Waals surface area (Å²) in [6.45, 7) is 3.05. The fraction of sp³-hybridized carbons (Fsp3) is 0.737. The Morgan fingerprint density at radius 3 is 2.85 bits per heavy atom. The summed E-state index contributed by atoms with van der Waals surface area (Å²) in [6, 6.07) is -0.384. The molecular formula is C19H31N5O2S. The molecule has 3 heterocycles. The number of H-pyrrole nitrogens is 1. The maximum Gasteiger partial charge on any atom is 0.239 e. The number of likely N-dealkylation sites (tertiary alicyclic amines) is 2. The van der Waals surface area contributed by atoms with Crippen LogP contribution < -0.4 is 5.73 Å². The highest BCUT2D eigenvalue weighted by Gasteiger charge is 2.41. The van der Waals surface area contributed by atoms with Crippen LogP contribution in [0.5, 0.6) is 0 Å². The number of rotatable bonds is 7. The predicted molar refractivity (Wildman–Crippen MR) is 107 cm³/mol. The first-order valence-electron chi connectivity index (χ1n) is 9.81. The number of nitrogens with zero attached hydrogens (tertiary/aromatic N) is 3. The highest BCUT2D eigenvalue weighted by atomic mass is 32.2. The quantitative estimate of drug-likeness (QED) is 0.727. The van der Waals surface area contributed by atoms with Crippen molar-refractivity contribution in [1.82, 2.24) is 19.8 Å². The number of imidazole rings is 1. The molecule has 150 valence electrons. The van der Waals surface area contributed by atoms with E-state index in [1.54, 1.807) is 18.1 Å². The molecule has 0 aromatic carbocycles. The molecule has 1 aromatic rings. The molecule has 2 saturated heterocycles. The van der Waals surface area contributed by atoms with Crippen LogP contribution in [0.3, 0.4) is 0 Å². The minimum Gasteiger partial charge on any atom is -0.348 e. The summed E-state index contributed by atoms with van der Waals surface area (Å²) in [5.41, 5.74) is 7.28. The van der Waals surface area contributed by atoms with E-state index in [0.29, 0.717) is 6.42 Å². The highest BCUT2D eigenvalue weighted by molar-refractivity contribution is 7.98. The average Bonchev–Trinajstić information content (AvgIpc) is 3.21. The smallest absolute Gasteiger partial charge is 0.239 e. The van der Waals surface area contributed by atoms with E-state index in [2.05, 4.69) is 9.97 Å².